The van der Waals surface area contributed by atoms with Crippen LogP contribution in [0, 0.1) is 6.92 Å². The molecule has 0 aromatic heterocycles. The summed E-state index contributed by atoms with van der Waals surface area (Å²) in [4.78, 5) is -0.170. The van der Waals surface area contributed by atoms with Gasteiger partial charge in [-0.2, -0.15) is 17.5 Å². The van der Waals surface area contributed by atoms with Crippen LogP contribution in [0.5, 0.6) is 11.5 Å². The Balaban J connectivity index is 1.77. The number of sulfonamides is 1. The summed E-state index contributed by atoms with van der Waals surface area (Å²) in [5, 5.41) is 0. The third-order valence-electron chi connectivity index (χ3n) is 4.79. The Kier molecular flexibility index (Phi) is 3.94. The van der Waals surface area contributed by atoms with Crippen LogP contribution < -0.4 is 9.47 Å². The average Bonchev–Trinajstić information content (AvgIpc) is 3.40. The number of rotatable bonds is 3. The van der Waals surface area contributed by atoms with Gasteiger partial charge in [0.2, 0.25) is 10.0 Å². The number of aryl methyl sites for hydroxylation is 1. The SMILES string of the molecule is Cc1ccc(S(=O)(=O)N2CC2(c2ccc3c(c2)OCCO3)C(F)(F)F)cc1. The summed E-state index contributed by atoms with van der Waals surface area (Å²) < 4.78 is 78.8. The van der Waals surface area contributed by atoms with Crippen LogP contribution in [-0.2, 0) is 15.6 Å². The first-order valence-corrected chi connectivity index (χ1v) is 9.67. The standard InChI is InChI=1S/C18H16F3NO4S/c1-12-2-5-14(6-3-12)27(23,24)22-11-17(22,18(19,20)21)13-4-7-15-16(10-13)26-9-8-25-15/h2-7,10H,8-9,11H2,1H3. The molecule has 2 aromatic rings. The Morgan fingerprint density at radius 3 is 2.26 bits per heavy atom. The van der Waals surface area contributed by atoms with Crippen molar-refractivity contribution in [1.82, 2.24) is 4.31 Å². The largest absolute Gasteiger partial charge is 0.486 e. The van der Waals surface area contributed by atoms with Gasteiger partial charge in [0, 0.05) is 6.54 Å². The molecule has 2 atom stereocenters. The first-order chi connectivity index (χ1) is 12.7. The van der Waals surface area contributed by atoms with E-state index in [4.69, 9.17) is 9.47 Å². The van der Waals surface area contributed by atoms with Crippen LogP contribution >= 0.6 is 0 Å². The molecule has 144 valence electrons. The lowest BCUT2D eigenvalue weighted by Gasteiger charge is -2.24. The number of nitrogens with zero attached hydrogens (tertiary/aromatic N) is 1. The summed E-state index contributed by atoms with van der Waals surface area (Å²) in [5.41, 5.74) is -1.98. The van der Waals surface area contributed by atoms with Crippen LogP contribution in [-0.4, -0.2) is 38.7 Å². The van der Waals surface area contributed by atoms with E-state index < -0.39 is 28.3 Å². The summed E-state index contributed by atoms with van der Waals surface area (Å²) in [7, 11) is -4.30. The van der Waals surface area contributed by atoms with Crippen LogP contribution in [0.2, 0.25) is 0 Å². The van der Waals surface area contributed by atoms with E-state index >= 15 is 0 Å². The molecule has 0 spiro atoms. The molecule has 0 bridgehead atoms. The lowest BCUT2D eigenvalue weighted by Crippen LogP contribution is -2.36. The lowest BCUT2D eigenvalue weighted by atomic mass is 9.98. The van der Waals surface area contributed by atoms with Crippen molar-refractivity contribution in [1.29, 1.82) is 0 Å². The predicted molar refractivity (Wildman–Crippen MR) is 90.2 cm³/mol. The zero-order valence-corrected chi connectivity index (χ0v) is 15.1. The number of fused-ring (bicyclic) bond motifs is 1. The van der Waals surface area contributed by atoms with Crippen LogP contribution in [0.15, 0.2) is 47.4 Å². The molecule has 0 N–H and O–H groups in total. The molecule has 0 aliphatic carbocycles. The Hall–Kier alpha value is -2.26. The fourth-order valence-electron chi connectivity index (χ4n) is 3.23. The second-order valence-corrected chi connectivity index (χ2v) is 8.40. The van der Waals surface area contributed by atoms with E-state index in [1.54, 1.807) is 19.1 Å². The molecule has 5 nitrogen and oxygen atoms in total. The monoisotopic (exact) mass is 399 g/mol. The van der Waals surface area contributed by atoms with Crippen molar-refractivity contribution in [2.24, 2.45) is 0 Å². The van der Waals surface area contributed by atoms with Crippen LogP contribution in [0.1, 0.15) is 11.1 Å². The Morgan fingerprint density at radius 1 is 1.00 bits per heavy atom. The van der Waals surface area contributed by atoms with E-state index in [1.807, 2.05) is 0 Å². The van der Waals surface area contributed by atoms with E-state index in [0.717, 1.165) is 5.56 Å². The van der Waals surface area contributed by atoms with Crippen molar-refractivity contribution in [2.75, 3.05) is 19.8 Å². The molecule has 0 saturated carbocycles. The van der Waals surface area contributed by atoms with Crippen LogP contribution in [0.25, 0.3) is 0 Å². The Labute approximate surface area is 154 Å². The minimum absolute atomic E-state index is 0.170. The van der Waals surface area contributed by atoms with Crippen molar-refractivity contribution in [3.05, 3.63) is 53.6 Å². The highest BCUT2D eigenvalue weighted by molar-refractivity contribution is 7.89. The highest BCUT2D eigenvalue weighted by Gasteiger charge is 2.75. The van der Waals surface area contributed by atoms with Gasteiger partial charge in [-0.15, -0.1) is 0 Å². The first-order valence-electron chi connectivity index (χ1n) is 8.23. The highest BCUT2D eigenvalue weighted by Crippen LogP contribution is 2.57. The molecule has 4 rings (SSSR count). The molecule has 1 saturated heterocycles. The molecular formula is C18H16F3NO4S. The summed E-state index contributed by atoms with van der Waals surface area (Å²) in [5.74, 6) is 0.526. The summed E-state index contributed by atoms with van der Waals surface area (Å²) in [6, 6.07) is 9.57. The molecule has 9 heteroatoms. The quantitative estimate of drug-likeness (QED) is 0.744. The van der Waals surface area contributed by atoms with E-state index in [2.05, 4.69) is 0 Å². The van der Waals surface area contributed by atoms with E-state index in [0.29, 0.717) is 16.7 Å². The predicted octanol–water partition coefficient (Wildman–Crippen LogP) is 3.23. The van der Waals surface area contributed by atoms with Gasteiger partial charge in [-0.05, 0) is 36.8 Å². The number of ether oxygens (including phenoxy) is 2. The Bertz CT molecular complexity index is 989. The number of halogens is 3. The van der Waals surface area contributed by atoms with Crippen molar-refractivity contribution in [3.8, 4) is 11.5 Å². The number of hydrogen-bond donors (Lipinski definition) is 0. The normalized spacial score (nSPS) is 24.5. The average molecular weight is 399 g/mol. The topological polar surface area (TPSA) is 55.6 Å². The van der Waals surface area contributed by atoms with E-state index in [-0.39, 0.29) is 22.8 Å². The van der Waals surface area contributed by atoms with Crippen LogP contribution in [0.3, 0.4) is 0 Å². The molecule has 2 aliphatic heterocycles. The zero-order valence-electron chi connectivity index (χ0n) is 14.3. The zero-order chi connectivity index (χ0) is 19.4. The molecule has 2 unspecified atom stereocenters. The third-order valence-corrected chi connectivity index (χ3v) is 6.68. The minimum atomic E-state index is -4.78. The molecule has 2 heterocycles. The van der Waals surface area contributed by atoms with Crippen molar-refractivity contribution in [2.45, 2.75) is 23.5 Å². The van der Waals surface area contributed by atoms with Gasteiger partial charge >= 0.3 is 6.18 Å². The smallest absolute Gasteiger partial charge is 0.413 e. The molecule has 0 amide bonds. The van der Waals surface area contributed by atoms with Gasteiger partial charge in [0.15, 0.2) is 17.0 Å². The second-order valence-electron chi connectivity index (χ2n) is 6.54. The van der Waals surface area contributed by atoms with Gasteiger partial charge in [0.25, 0.3) is 0 Å². The molecule has 0 radical (unpaired) electrons. The Morgan fingerprint density at radius 2 is 1.63 bits per heavy atom. The maximum absolute atomic E-state index is 14.0. The lowest BCUT2D eigenvalue weighted by molar-refractivity contribution is -0.168. The first kappa shape index (κ1) is 18.1. The summed E-state index contributed by atoms with van der Waals surface area (Å²) >= 11 is 0. The molecule has 2 aliphatic rings. The molecule has 2 aromatic carbocycles. The third kappa shape index (κ3) is 2.76. The fraction of sp³-hybridized carbons (Fsp3) is 0.333. The number of hydrogen-bond acceptors (Lipinski definition) is 4. The van der Waals surface area contributed by atoms with Gasteiger partial charge in [-0.25, -0.2) is 8.42 Å². The van der Waals surface area contributed by atoms with Gasteiger partial charge in [0.1, 0.15) is 13.2 Å². The van der Waals surface area contributed by atoms with Crippen LogP contribution in [0.4, 0.5) is 13.2 Å². The van der Waals surface area contributed by atoms with E-state index in [1.165, 1.54) is 30.3 Å². The molecule has 1 fully saturated rings. The van der Waals surface area contributed by atoms with Gasteiger partial charge in [-0.3, -0.25) is 0 Å². The van der Waals surface area contributed by atoms with Crippen molar-refractivity contribution in [3.63, 3.8) is 0 Å². The van der Waals surface area contributed by atoms with Gasteiger partial charge in [0.05, 0.1) is 4.90 Å². The van der Waals surface area contributed by atoms with Crippen molar-refractivity contribution < 1.29 is 31.1 Å². The maximum Gasteiger partial charge on any atom is 0.413 e. The maximum atomic E-state index is 14.0. The summed E-state index contributed by atoms with van der Waals surface area (Å²) in [6.45, 7) is 1.63. The van der Waals surface area contributed by atoms with Crippen molar-refractivity contribution >= 4 is 10.0 Å². The number of benzene rings is 2. The van der Waals surface area contributed by atoms with E-state index in [9.17, 15) is 21.6 Å². The molecule has 27 heavy (non-hydrogen) atoms. The number of alkyl halides is 3. The van der Waals surface area contributed by atoms with Gasteiger partial charge in [-0.1, -0.05) is 23.8 Å². The van der Waals surface area contributed by atoms with Gasteiger partial charge < -0.3 is 9.47 Å². The minimum Gasteiger partial charge on any atom is -0.486 e. The molecular weight excluding hydrogens is 383 g/mol. The summed E-state index contributed by atoms with van der Waals surface area (Å²) in [6.07, 6.45) is -4.78. The fourth-order valence-corrected chi connectivity index (χ4v) is 4.94. The second kappa shape index (κ2) is 5.87. The highest BCUT2D eigenvalue weighted by atomic mass is 32.2.